The monoisotopic (exact) mass is 254 g/mol. The third-order valence-corrected chi connectivity index (χ3v) is 1.91. The molecule has 96 valence electrons. The van der Waals surface area contributed by atoms with Crippen molar-refractivity contribution in [2.24, 2.45) is 10.8 Å². The third-order valence-electron chi connectivity index (χ3n) is 1.91. The van der Waals surface area contributed by atoms with E-state index in [1.807, 2.05) is 5.43 Å². The number of nitrogens with one attached hydrogen (secondary N) is 1. The Hall–Kier alpha value is -2.84. The van der Waals surface area contributed by atoms with Gasteiger partial charge >= 0.3 is 11.7 Å². The summed E-state index contributed by atoms with van der Waals surface area (Å²) in [6.45, 7) is 0. The van der Waals surface area contributed by atoms with Gasteiger partial charge in [0, 0.05) is 0 Å². The molecule has 1 aromatic carbocycles. The summed E-state index contributed by atoms with van der Waals surface area (Å²) in [5.74, 6) is -0.660. The van der Waals surface area contributed by atoms with Gasteiger partial charge in [0.05, 0.1) is 23.8 Å². The van der Waals surface area contributed by atoms with Crippen LogP contribution < -0.4 is 15.9 Å². The second-order valence-corrected chi connectivity index (χ2v) is 3.05. The zero-order valence-electron chi connectivity index (χ0n) is 9.28. The van der Waals surface area contributed by atoms with E-state index in [-0.39, 0.29) is 17.1 Å². The predicted molar refractivity (Wildman–Crippen MR) is 61.6 cm³/mol. The number of urea groups is 1. The van der Waals surface area contributed by atoms with Crippen LogP contribution in [0.1, 0.15) is 5.56 Å². The Morgan fingerprint density at radius 2 is 2.33 bits per heavy atom. The number of nitrogens with zero attached hydrogens (tertiary/aromatic N) is 2. The predicted octanol–water partition coefficient (Wildman–Crippen LogP) is 0.311. The van der Waals surface area contributed by atoms with Crippen LogP contribution >= 0.6 is 0 Å². The first kappa shape index (κ1) is 13.2. The number of phenols is 1. The summed E-state index contributed by atoms with van der Waals surface area (Å²) in [5, 5.41) is 23.7. The van der Waals surface area contributed by atoms with Gasteiger partial charge in [-0.25, -0.2) is 10.2 Å². The van der Waals surface area contributed by atoms with Gasteiger partial charge < -0.3 is 15.6 Å². The van der Waals surface area contributed by atoms with Crippen LogP contribution in [0.4, 0.5) is 10.5 Å². The average Bonchev–Trinajstić information content (AvgIpc) is 2.29. The largest absolute Gasteiger partial charge is 0.504 e. The number of methoxy groups -OCH3 is 1. The minimum Gasteiger partial charge on any atom is -0.504 e. The number of primary amides is 1. The lowest BCUT2D eigenvalue weighted by molar-refractivity contribution is -0.386. The average molecular weight is 254 g/mol. The number of carbonyl (C=O) groups is 1. The highest BCUT2D eigenvalue weighted by Gasteiger charge is 2.23. The van der Waals surface area contributed by atoms with E-state index in [9.17, 15) is 20.0 Å². The zero-order valence-corrected chi connectivity index (χ0v) is 9.28. The second kappa shape index (κ2) is 5.48. The first-order valence-electron chi connectivity index (χ1n) is 4.60. The molecule has 0 fully saturated rings. The fourth-order valence-electron chi connectivity index (χ4n) is 1.23. The Balaban J connectivity index is 3.23. The summed E-state index contributed by atoms with van der Waals surface area (Å²) in [6, 6.07) is 1.55. The summed E-state index contributed by atoms with van der Waals surface area (Å²) in [7, 11) is 1.19. The lowest BCUT2D eigenvalue weighted by Crippen LogP contribution is -2.24. The van der Waals surface area contributed by atoms with Crippen molar-refractivity contribution in [3.8, 4) is 11.5 Å². The number of nitro benzene ring substituents is 1. The number of amides is 2. The minimum absolute atomic E-state index is 0.0448. The van der Waals surface area contributed by atoms with Crippen LogP contribution in [-0.4, -0.2) is 29.4 Å². The molecule has 0 saturated carbocycles. The molecule has 18 heavy (non-hydrogen) atoms. The number of hydrazone groups is 1. The molecule has 2 amide bonds. The van der Waals surface area contributed by atoms with Crippen molar-refractivity contribution in [2.75, 3.05) is 7.11 Å². The molecule has 9 heteroatoms. The molecule has 0 aliphatic heterocycles. The SMILES string of the molecule is COc1c(O)ccc(/C=N/NC(N)=O)c1[N+](=O)[O-]. The van der Waals surface area contributed by atoms with E-state index >= 15 is 0 Å². The van der Waals surface area contributed by atoms with Crippen LogP contribution in [0.15, 0.2) is 17.2 Å². The standard InChI is InChI=1S/C9H10N4O5/c1-18-8-6(14)3-2-5(7(8)13(16)17)4-11-12-9(10)15/h2-4,14H,1H3,(H3,10,12,15)/b11-4+. The molecule has 1 rings (SSSR count). The lowest BCUT2D eigenvalue weighted by Gasteiger charge is -2.05. The normalized spacial score (nSPS) is 10.3. The highest BCUT2D eigenvalue weighted by atomic mass is 16.6. The van der Waals surface area contributed by atoms with E-state index in [0.717, 1.165) is 6.21 Å². The number of benzene rings is 1. The molecule has 0 aliphatic carbocycles. The molecule has 0 atom stereocenters. The number of nitrogens with two attached hydrogens (primary N) is 1. The van der Waals surface area contributed by atoms with Gasteiger partial charge in [0.15, 0.2) is 5.75 Å². The number of nitro groups is 1. The zero-order chi connectivity index (χ0) is 13.7. The van der Waals surface area contributed by atoms with Crippen LogP contribution in [0.25, 0.3) is 0 Å². The molecule has 0 aromatic heterocycles. The maximum atomic E-state index is 10.9. The number of hydrogen-bond donors (Lipinski definition) is 3. The summed E-state index contributed by atoms with van der Waals surface area (Å²) < 4.78 is 4.74. The van der Waals surface area contributed by atoms with Crippen molar-refractivity contribution < 1.29 is 19.6 Å². The Kier molecular flexibility index (Phi) is 4.02. The maximum absolute atomic E-state index is 10.9. The molecule has 0 bridgehead atoms. The van der Waals surface area contributed by atoms with Crippen molar-refractivity contribution in [1.82, 2.24) is 5.43 Å². The third kappa shape index (κ3) is 2.84. The Bertz CT molecular complexity index is 514. The number of ether oxygens (including phenoxy) is 1. The molecular weight excluding hydrogens is 244 g/mol. The fourth-order valence-corrected chi connectivity index (χ4v) is 1.23. The first-order chi connectivity index (χ1) is 8.47. The molecule has 4 N–H and O–H groups in total. The molecule has 0 aliphatic rings. The van der Waals surface area contributed by atoms with Crippen molar-refractivity contribution in [1.29, 1.82) is 0 Å². The molecule has 0 heterocycles. The smallest absolute Gasteiger partial charge is 0.332 e. The van der Waals surface area contributed by atoms with Gasteiger partial charge in [0.2, 0.25) is 5.75 Å². The molecule has 0 radical (unpaired) electrons. The van der Waals surface area contributed by atoms with Crippen LogP contribution in [0.2, 0.25) is 0 Å². The molecule has 0 unspecified atom stereocenters. The molecule has 0 saturated heterocycles. The van der Waals surface area contributed by atoms with Crippen LogP contribution in [0.3, 0.4) is 0 Å². The molecule has 1 aromatic rings. The summed E-state index contributed by atoms with van der Waals surface area (Å²) in [5.41, 5.74) is 6.25. The second-order valence-electron chi connectivity index (χ2n) is 3.05. The maximum Gasteiger partial charge on any atom is 0.332 e. The summed E-state index contributed by atoms with van der Waals surface area (Å²) in [6.07, 6.45) is 1.02. The van der Waals surface area contributed by atoms with E-state index in [1.165, 1.54) is 19.2 Å². The van der Waals surface area contributed by atoms with Gasteiger partial charge in [-0.1, -0.05) is 0 Å². The fraction of sp³-hybridized carbons (Fsp3) is 0.111. The van der Waals surface area contributed by atoms with Gasteiger partial charge in [-0.05, 0) is 12.1 Å². The molecule has 9 nitrogen and oxygen atoms in total. The van der Waals surface area contributed by atoms with E-state index in [0.29, 0.717) is 0 Å². The van der Waals surface area contributed by atoms with Gasteiger partial charge in [-0.2, -0.15) is 5.10 Å². The van der Waals surface area contributed by atoms with E-state index in [2.05, 4.69) is 5.10 Å². The first-order valence-corrected chi connectivity index (χ1v) is 4.60. The highest BCUT2D eigenvalue weighted by molar-refractivity contribution is 5.89. The van der Waals surface area contributed by atoms with Crippen molar-refractivity contribution in [2.45, 2.75) is 0 Å². The van der Waals surface area contributed by atoms with E-state index in [4.69, 9.17) is 10.5 Å². The molecular formula is C9H10N4O5. The van der Waals surface area contributed by atoms with Crippen molar-refractivity contribution in [3.05, 3.63) is 27.8 Å². The van der Waals surface area contributed by atoms with Crippen LogP contribution in [0.5, 0.6) is 11.5 Å². The topological polar surface area (TPSA) is 140 Å². The molecule has 0 spiro atoms. The highest BCUT2D eigenvalue weighted by Crippen LogP contribution is 2.37. The summed E-state index contributed by atoms with van der Waals surface area (Å²) in [4.78, 5) is 20.5. The van der Waals surface area contributed by atoms with Gasteiger partial charge in [0.1, 0.15) is 0 Å². The van der Waals surface area contributed by atoms with Gasteiger partial charge in [-0.3, -0.25) is 10.1 Å². The Morgan fingerprint density at radius 1 is 1.67 bits per heavy atom. The van der Waals surface area contributed by atoms with Gasteiger partial charge in [0.25, 0.3) is 0 Å². The number of carbonyl (C=O) groups excluding carboxylic acids is 1. The lowest BCUT2D eigenvalue weighted by atomic mass is 10.1. The number of rotatable bonds is 4. The number of aromatic hydroxyl groups is 1. The Labute approximate surface area is 101 Å². The van der Waals surface area contributed by atoms with Gasteiger partial charge in [-0.15, -0.1) is 0 Å². The Morgan fingerprint density at radius 3 is 2.83 bits per heavy atom. The van der Waals surface area contributed by atoms with E-state index < -0.39 is 16.6 Å². The quantitative estimate of drug-likeness (QED) is 0.403. The number of hydrogen-bond acceptors (Lipinski definition) is 6. The van der Waals surface area contributed by atoms with Crippen LogP contribution in [0, 0.1) is 10.1 Å². The van der Waals surface area contributed by atoms with Crippen molar-refractivity contribution in [3.63, 3.8) is 0 Å². The minimum atomic E-state index is -0.903. The van der Waals surface area contributed by atoms with Crippen molar-refractivity contribution >= 4 is 17.9 Å². The van der Waals surface area contributed by atoms with E-state index in [1.54, 1.807) is 0 Å². The van der Waals surface area contributed by atoms with Crippen LogP contribution in [-0.2, 0) is 0 Å². The number of phenolic OH excluding ortho intramolecular Hbond substituents is 1. The summed E-state index contributed by atoms with van der Waals surface area (Å²) >= 11 is 0.